The number of nitrogens with zero attached hydrogens (tertiary/aromatic N) is 4. The number of H-pyrrole nitrogens is 1. The van der Waals surface area contributed by atoms with Crippen LogP contribution in [0.2, 0.25) is 0 Å². The Hall–Kier alpha value is -4.64. The number of aryl methyl sites for hydroxylation is 1. The molecule has 0 aliphatic carbocycles. The van der Waals surface area contributed by atoms with E-state index in [0.717, 1.165) is 54.3 Å². The van der Waals surface area contributed by atoms with Gasteiger partial charge >= 0.3 is 6.03 Å². The normalized spacial score (nSPS) is 13.8. The van der Waals surface area contributed by atoms with Gasteiger partial charge in [0.25, 0.3) is 5.91 Å². The summed E-state index contributed by atoms with van der Waals surface area (Å²) in [5.41, 5.74) is 5.12. The molecule has 1 fully saturated rings. The summed E-state index contributed by atoms with van der Waals surface area (Å²) in [4.78, 5) is 29.6. The van der Waals surface area contributed by atoms with Gasteiger partial charge < -0.3 is 25.0 Å². The highest BCUT2D eigenvalue weighted by Gasteiger charge is 2.17. The molecular weight excluding hydrogens is 496 g/mol. The molecule has 0 unspecified atom stereocenters. The lowest BCUT2D eigenvalue weighted by Crippen LogP contribution is -2.44. The minimum atomic E-state index is -0.370. The largest absolute Gasteiger partial charge is 0.369 e. The first kappa shape index (κ1) is 26.0. The van der Waals surface area contributed by atoms with E-state index in [2.05, 4.69) is 48.2 Å². The highest BCUT2D eigenvalue weighted by molar-refractivity contribution is 6.04. The molecule has 0 atom stereocenters. The van der Waals surface area contributed by atoms with Crippen molar-refractivity contribution in [1.29, 1.82) is 0 Å². The Labute approximate surface area is 226 Å². The molecular formula is C28H32N8O3. The Morgan fingerprint density at radius 3 is 2.36 bits per heavy atom. The average Bonchev–Trinajstić information content (AvgIpc) is 3.52. The minimum Gasteiger partial charge on any atom is -0.369 e. The lowest BCUT2D eigenvalue weighted by atomic mass is 10.1. The number of rotatable bonds is 7. The number of piperazine rings is 1. The minimum absolute atomic E-state index is 0.196. The van der Waals surface area contributed by atoms with Gasteiger partial charge in [0.1, 0.15) is 11.6 Å². The Morgan fingerprint density at radius 1 is 0.974 bits per heavy atom. The second-order valence-corrected chi connectivity index (χ2v) is 9.69. The van der Waals surface area contributed by atoms with E-state index >= 15 is 0 Å². The maximum absolute atomic E-state index is 12.9. The van der Waals surface area contributed by atoms with Crippen LogP contribution in [0.25, 0.3) is 11.3 Å². The van der Waals surface area contributed by atoms with Crippen molar-refractivity contribution < 1.29 is 14.1 Å². The third-order valence-electron chi connectivity index (χ3n) is 6.80. The van der Waals surface area contributed by atoms with Crippen molar-refractivity contribution in [1.82, 2.24) is 25.6 Å². The number of urea groups is 1. The van der Waals surface area contributed by atoms with E-state index in [4.69, 9.17) is 4.52 Å². The zero-order chi connectivity index (χ0) is 27.4. The van der Waals surface area contributed by atoms with E-state index < -0.39 is 0 Å². The molecule has 2 aromatic heterocycles. The van der Waals surface area contributed by atoms with Crippen LogP contribution < -0.4 is 20.9 Å². The fraction of sp³-hybridized carbons (Fsp3) is 0.286. The first-order valence-corrected chi connectivity index (χ1v) is 12.8. The van der Waals surface area contributed by atoms with Crippen molar-refractivity contribution in [3.63, 3.8) is 0 Å². The van der Waals surface area contributed by atoms with Gasteiger partial charge in [-0.1, -0.05) is 29.4 Å². The number of likely N-dealkylation sites (N-methyl/N-ethyl adjacent to an activating group) is 1. The number of aromatic amines is 1. The van der Waals surface area contributed by atoms with Crippen molar-refractivity contribution in [2.45, 2.75) is 20.4 Å². The molecule has 202 valence electrons. The molecule has 1 aliphatic heterocycles. The Bertz CT molecular complexity index is 1430. The third-order valence-corrected chi connectivity index (χ3v) is 6.80. The quantitative estimate of drug-likeness (QED) is 0.285. The number of hydrogen-bond acceptors (Lipinski definition) is 7. The van der Waals surface area contributed by atoms with E-state index in [1.807, 2.05) is 55.5 Å². The maximum Gasteiger partial charge on any atom is 0.320 e. The fourth-order valence-electron chi connectivity index (χ4n) is 4.42. The summed E-state index contributed by atoms with van der Waals surface area (Å²) in [5.74, 6) is 1.34. The van der Waals surface area contributed by atoms with Crippen molar-refractivity contribution in [2.75, 3.05) is 48.8 Å². The van der Waals surface area contributed by atoms with Crippen LogP contribution in [0.5, 0.6) is 0 Å². The van der Waals surface area contributed by atoms with Crippen LogP contribution >= 0.6 is 0 Å². The zero-order valence-corrected chi connectivity index (χ0v) is 22.2. The summed E-state index contributed by atoms with van der Waals surface area (Å²) < 4.78 is 4.94. The fourth-order valence-corrected chi connectivity index (χ4v) is 4.42. The van der Waals surface area contributed by atoms with Crippen LogP contribution in [0, 0.1) is 13.8 Å². The third kappa shape index (κ3) is 6.27. The standard InChI is InChI=1S/C28H32N8O3/c1-18-16-24(34-39-18)30-28(38)29-17-20-4-6-21(7-5-20)25-19(2)26(33-32-25)31-27(37)22-8-10-23(11-9-22)36-14-12-35(3)13-15-36/h4-11,16H,12-15,17H2,1-3H3,(H2,29,30,34,38)(H2,31,32,33,37). The molecule has 1 saturated heterocycles. The first-order chi connectivity index (χ1) is 18.9. The van der Waals surface area contributed by atoms with E-state index in [1.54, 1.807) is 13.0 Å². The van der Waals surface area contributed by atoms with E-state index in [-0.39, 0.29) is 11.9 Å². The lowest BCUT2D eigenvalue weighted by molar-refractivity contribution is 0.102. The molecule has 0 bridgehead atoms. The monoisotopic (exact) mass is 528 g/mol. The molecule has 4 aromatic rings. The maximum atomic E-state index is 12.9. The number of benzene rings is 2. The predicted octanol–water partition coefficient (Wildman–Crippen LogP) is 4.01. The molecule has 0 saturated carbocycles. The second kappa shape index (κ2) is 11.4. The summed E-state index contributed by atoms with van der Waals surface area (Å²) >= 11 is 0. The van der Waals surface area contributed by atoms with Crippen molar-refractivity contribution in [2.24, 2.45) is 0 Å². The number of aromatic nitrogens is 3. The van der Waals surface area contributed by atoms with Gasteiger partial charge in [0.15, 0.2) is 5.82 Å². The molecule has 1 aliphatic rings. The van der Waals surface area contributed by atoms with Gasteiger partial charge in [-0.15, -0.1) is 0 Å². The topological polar surface area (TPSA) is 131 Å². The van der Waals surface area contributed by atoms with Gasteiger partial charge in [-0.2, -0.15) is 5.10 Å². The molecule has 3 heterocycles. The number of nitrogens with one attached hydrogen (secondary N) is 4. The van der Waals surface area contributed by atoms with E-state index in [1.165, 1.54) is 0 Å². The Morgan fingerprint density at radius 2 is 1.69 bits per heavy atom. The molecule has 11 heteroatoms. The van der Waals surface area contributed by atoms with Crippen LogP contribution in [0.4, 0.5) is 22.1 Å². The molecule has 2 aromatic carbocycles. The van der Waals surface area contributed by atoms with Gasteiger partial charge in [-0.05, 0) is 50.7 Å². The van der Waals surface area contributed by atoms with Crippen LogP contribution in [0.15, 0.2) is 59.1 Å². The smallest absolute Gasteiger partial charge is 0.320 e. The van der Waals surface area contributed by atoms with Crippen molar-refractivity contribution >= 4 is 29.3 Å². The molecule has 11 nitrogen and oxygen atoms in total. The average molecular weight is 529 g/mol. The number of amides is 3. The number of carbonyl (C=O) groups excluding carboxylic acids is 2. The summed E-state index contributed by atoms with van der Waals surface area (Å²) in [6.07, 6.45) is 0. The Balaban J connectivity index is 1.16. The van der Waals surface area contributed by atoms with Gasteiger partial charge in [0.05, 0.1) is 5.69 Å². The van der Waals surface area contributed by atoms with Crippen molar-refractivity contribution in [3.8, 4) is 11.3 Å². The van der Waals surface area contributed by atoms with Crippen LogP contribution in [-0.2, 0) is 6.54 Å². The number of carbonyl (C=O) groups is 2. The SMILES string of the molecule is Cc1cc(NC(=O)NCc2ccc(-c3n[nH]c(NC(=O)c4ccc(N5CCN(C)CC5)cc4)c3C)cc2)no1. The highest BCUT2D eigenvalue weighted by atomic mass is 16.5. The second-order valence-electron chi connectivity index (χ2n) is 9.69. The van der Waals surface area contributed by atoms with E-state index in [0.29, 0.717) is 29.5 Å². The summed E-state index contributed by atoms with van der Waals surface area (Å²) in [6.45, 7) is 8.04. The van der Waals surface area contributed by atoms with Gasteiger partial charge in [0.2, 0.25) is 0 Å². The van der Waals surface area contributed by atoms with Crippen LogP contribution in [-0.4, -0.2) is 65.4 Å². The summed E-state index contributed by atoms with van der Waals surface area (Å²) in [6, 6.07) is 16.7. The Kier molecular flexibility index (Phi) is 7.60. The van der Waals surface area contributed by atoms with Gasteiger partial charge in [0, 0.05) is 61.2 Å². The molecule has 3 amide bonds. The number of hydrogen-bond donors (Lipinski definition) is 4. The molecule has 0 spiro atoms. The van der Waals surface area contributed by atoms with Crippen LogP contribution in [0.3, 0.4) is 0 Å². The predicted molar refractivity (Wildman–Crippen MR) is 150 cm³/mol. The van der Waals surface area contributed by atoms with E-state index in [9.17, 15) is 9.59 Å². The number of anilines is 3. The highest BCUT2D eigenvalue weighted by Crippen LogP contribution is 2.27. The zero-order valence-electron chi connectivity index (χ0n) is 22.2. The first-order valence-electron chi connectivity index (χ1n) is 12.8. The lowest BCUT2D eigenvalue weighted by Gasteiger charge is -2.34. The van der Waals surface area contributed by atoms with Gasteiger partial charge in [-0.3, -0.25) is 15.2 Å². The summed E-state index contributed by atoms with van der Waals surface area (Å²) in [5, 5.41) is 19.5. The summed E-state index contributed by atoms with van der Waals surface area (Å²) in [7, 11) is 2.13. The van der Waals surface area contributed by atoms with Gasteiger partial charge in [-0.25, -0.2) is 4.79 Å². The molecule has 39 heavy (non-hydrogen) atoms. The molecule has 4 N–H and O–H groups in total. The van der Waals surface area contributed by atoms with Crippen molar-refractivity contribution in [3.05, 3.63) is 77.0 Å². The molecule has 5 rings (SSSR count). The molecule has 0 radical (unpaired) electrons. The van der Waals surface area contributed by atoms with Crippen LogP contribution in [0.1, 0.15) is 27.2 Å².